The standard InChI is InChI=1S/C23H26O2/c24-23(25)17-15-19(16-18-23)9-7-8-14-22(20-10-3-1-4-11-20)21-12-5-2-6-13-21/h1-6,10-13,15-17,22,24-25H,7-9,14,18H2. The molecule has 2 nitrogen and oxygen atoms in total. The molecule has 1 aliphatic carbocycles. The van der Waals surface area contributed by atoms with Crippen LogP contribution < -0.4 is 0 Å². The maximum atomic E-state index is 9.51. The summed E-state index contributed by atoms with van der Waals surface area (Å²) in [7, 11) is 0. The minimum absolute atomic E-state index is 0.287. The first-order valence-electron chi connectivity index (χ1n) is 9.07. The molecule has 0 amide bonds. The molecule has 2 heteroatoms. The van der Waals surface area contributed by atoms with Gasteiger partial charge in [0, 0.05) is 12.3 Å². The van der Waals surface area contributed by atoms with Crippen LogP contribution in [0.4, 0.5) is 0 Å². The van der Waals surface area contributed by atoms with Crippen LogP contribution in [0.3, 0.4) is 0 Å². The minimum Gasteiger partial charge on any atom is -0.362 e. The maximum absolute atomic E-state index is 9.51. The van der Waals surface area contributed by atoms with Crippen LogP contribution in [0.1, 0.15) is 49.1 Å². The summed E-state index contributed by atoms with van der Waals surface area (Å²) in [5.41, 5.74) is 3.95. The number of benzene rings is 2. The summed E-state index contributed by atoms with van der Waals surface area (Å²) in [5, 5.41) is 19.0. The van der Waals surface area contributed by atoms with E-state index < -0.39 is 5.79 Å². The Kier molecular flexibility index (Phi) is 5.85. The average Bonchev–Trinajstić information content (AvgIpc) is 2.64. The summed E-state index contributed by atoms with van der Waals surface area (Å²) in [5.74, 6) is -1.23. The van der Waals surface area contributed by atoms with Gasteiger partial charge in [0.05, 0.1) is 0 Å². The summed E-state index contributed by atoms with van der Waals surface area (Å²) in [6.07, 6.45) is 9.91. The van der Waals surface area contributed by atoms with Gasteiger partial charge >= 0.3 is 0 Å². The zero-order valence-corrected chi connectivity index (χ0v) is 14.5. The molecule has 0 unspecified atom stereocenters. The van der Waals surface area contributed by atoms with Gasteiger partial charge in [0.25, 0.3) is 0 Å². The summed E-state index contributed by atoms with van der Waals surface area (Å²) in [6, 6.07) is 21.4. The molecule has 0 fully saturated rings. The van der Waals surface area contributed by atoms with Crippen LogP contribution in [0.15, 0.2) is 84.5 Å². The van der Waals surface area contributed by atoms with Crippen LogP contribution in [0.25, 0.3) is 0 Å². The van der Waals surface area contributed by atoms with Crippen LogP contribution in [0.5, 0.6) is 0 Å². The first-order chi connectivity index (χ1) is 12.1. The van der Waals surface area contributed by atoms with Crippen LogP contribution in [-0.4, -0.2) is 16.0 Å². The van der Waals surface area contributed by atoms with Gasteiger partial charge in [0.15, 0.2) is 5.79 Å². The molecule has 130 valence electrons. The Bertz CT molecular complexity index is 675. The second-order valence-corrected chi connectivity index (χ2v) is 6.81. The Morgan fingerprint density at radius 2 is 1.44 bits per heavy atom. The highest BCUT2D eigenvalue weighted by Crippen LogP contribution is 2.30. The predicted octanol–water partition coefficient (Wildman–Crippen LogP) is 4.95. The molecule has 2 N–H and O–H groups in total. The molecule has 3 rings (SSSR count). The lowest BCUT2D eigenvalue weighted by Crippen LogP contribution is -2.25. The highest BCUT2D eigenvalue weighted by molar-refractivity contribution is 5.32. The van der Waals surface area contributed by atoms with E-state index in [4.69, 9.17) is 0 Å². The van der Waals surface area contributed by atoms with Crippen LogP contribution >= 0.6 is 0 Å². The van der Waals surface area contributed by atoms with Gasteiger partial charge in [0.2, 0.25) is 0 Å². The summed E-state index contributed by atoms with van der Waals surface area (Å²) in [6.45, 7) is 0. The van der Waals surface area contributed by atoms with Crippen molar-refractivity contribution in [2.75, 3.05) is 0 Å². The Morgan fingerprint density at radius 3 is 1.96 bits per heavy atom. The highest BCUT2D eigenvalue weighted by Gasteiger charge is 2.20. The Labute approximate surface area is 150 Å². The summed E-state index contributed by atoms with van der Waals surface area (Å²) in [4.78, 5) is 0. The van der Waals surface area contributed by atoms with Gasteiger partial charge in [-0.25, -0.2) is 0 Å². The molecule has 0 atom stereocenters. The second kappa shape index (κ2) is 8.28. The van der Waals surface area contributed by atoms with Crippen molar-refractivity contribution < 1.29 is 10.2 Å². The zero-order chi connectivity index (χ0) is 17.5. The van der Waals surface area contributed by atoms with Crippen molar-refractivity contribution in [2.24, 2.45) is 0 Å². The molecule has 0 saturated carbocycles. The van der Waals surface area contributed by atoms with Crippen molar-refractivity contribution in [3.63, 3.8) is 0 Å². The number of unbranched alkanes of at least 4 members (excludes halogenated alkanes) is 1. The van der Waals surface area contributed by atoms with E-state index in [0.717, 1.165) is 25.7 Å². The van der Waals surface area contributed by atoms with Crippen molar-refractivity contribution in [3.05, 3.63) is 95.6 Å². The predicted molar refractivity (Wildman–Crippen MR) is 102 cm³/mol. The van der Waals surface area contributed by atoms with Crippen molar-refractivity contribution in [1.29, 1.82) is 0 Å². The number of allylic oxidation sites excluding steroid dienone is 2. The van der Waals surface area contributed by atoms with E-state index >= 15 is 0 Å². The Hall–Kier alpha value is -2.16. The van der Waals surface area contributed by atoms with E-state index in [-0.39, 0.29) is 6.42 Å². The SMILES string of the molecule is OC1(O)C=CC(CCCCC(c2ccccc2)c2ccccc2)=CC1. The highest BCUT2D eigenvalue weighted by atomic mass is 16.5. The van der Waals surface area contributed by atoms with Gasteiger partial charge in [-0.05, 0) is 36.5 Å². The Morgan fingerprint density at radius 1 is 0.840 bits per heavy atom. The summed E-state index contributed by atoms with van der Waals surface area (Å²) < 4.78 is 0. The fourth-order valence-electron chi connectivity index (χ4n) is 3.42. The fraction of sp³-hybridized carbons (Fsp3) is 0.304. The van der Waals surface area contributed by atoms with Crippen molar-refractivity contribution in [1.82, 2.24) is 0 Å². The molecule has 0 aromatic heterocycles. The van der Waals surface area contributed by atoms with Gasteiger partial charge in [-0.15, -0.1) is 0 Å². The maximum Gasteiger partial charge on any atom is 0.186 e. The number of hydrogen-bond acceptors (Lipinski definition) is 2. The van der Waals surface area contributed by atoms with E-state index in [0.29, 0.717) is 5.92 Å². The molecule has 0 heterocycles. The van der Waals surface area contributed by atoms with Gasteiger partial charge < -0.3 is 10.2 Å². The third kappa shape index (κ3) is 5.15. The van der Waals surface area contributed by atoms with E-state index in [9.17, 15) is 10.2 Å². The molecule has 25 heavy (non-hydrogen) atoms. The molecule has 0 aliphatic heterocycles. The number of rotatable bonds is 7. The van der Waals surface area contributed by atoms with Crippen LogP contribution in [0, 0.1) is 0 Å². The molecule has 2 aromatic rings. The first kappa shape index (κ1) is 17.7. The largest absolute Gasteiger partial charge is 0.362 e. The lowest BCUT2D eigenvalue weighted by atomic mass is 9.86. The number of aliphatic hydroxyl groups is 2. The number of hydrogen-bond donors (Lipinski definition) is 2. The molecule has 0 bridgehead atoms. The molecule has 0 spiro atoms. The zero-order valence-electron chi connectivity index (χ0n) is 14.5. The molecule has 0 radical (unpaired) electrons. The van der Waals surface area contributed by atoms with E-state index in [1.165, 1.54) is 22.8 Å². The molecule has 2 aromatic carbocycles. The van der Waals surface area contributed by atoms with Crippen LogP contribution in [-0.2, 0) is 0 Å². The monoisotopic (exact) mass is 334 g/mol. The minimum atomic E-state index is -1.66. The van der Waals surface area contributed by atoms with Gasteiger partial charge in [-0.2, -0.15) is 0 Å². The van der Waals surface area contributed by atoms with E-state index in [1.54, 1.807) is 0 Å². The smallest absolute Gasteiger partial charge is 0.186 e. The van der Waals surface area contributed by atoms with Gasteiger partial charge in [-0.3, -0.25) is 0 Å². The molecular formula is C23H26O2. The van der Waals surface area contributed by atoms with Gasteiger partial charge in [-0.1, -0.05) is 84.8 Å². The summed E-state index contributed by atoms with van der Waals surface area (Å²) >= 11 is 0. The molecule has 1 aliphatic rings. The van der Waals surface area contributed by atoms with Crippen molar-refractivity contribution in [2.45, 2.75) is 43.8 Å². The lowest BCUT2D eigenvalue weighted by molar-refractivity contribution is -0.115. The van der Waals surface area contributed by atoms with Crippen LogP contribution in [0.2, 0.25) is 0 Å². The van der Waals surface area contributed by atoms with Gasteiger partial charge in [0.1, 0.15) is 0 Å². The molecule has 0 saturated heterocycles. The van der Waals surface area contributed by atoms with E-state index in [1.807, 2.05) is 12.2 Å². The first-order valence-corrected chi connectivity index (χ1v) is 9.07. The van der Waals surface area contributed by atoms with Crippen molar-refractivity contribution in [3.8, 4) is 0 Å². The average molecular weight is 334 g/mol. The fourth-order valence-corrected chi connectivity index (χ4v) is 3.42. The molecular weight excluding hydrogens is 308 g/mol. The second-order valence-electron chi connectivity index (χ2n) is 6.81. The lowest BCUT2D eigenvalue weighted by Gasteiger charge is -2.20. The van der Waals surface area contributed by atoms with E-state index in [2.05, 4.69) is 60.7 Å². The van der Waals surface area contributed by atoms with Crippen molar-refractivity contribution >= 4 is 0 Å². The normalized spacial score (nSPS) is 16.0. The third-order valence-electron chi connectivity index (χ3n) is 4.84. The quantitative estimate of drug-likeness (QED) is 0.556. The third-order valence-corrected chi connectivity index (χ3v) is 4.84. The topological polar surface area (TPSA) is 40.5 Å². The Balaban J connectivity index is 1.57.